The molecule has 3 nitrogen and oxygen atoms in total. The van der Waals surface area contributed by atoms with Crippen LogP contribution in [0.3, 0.4) is 0 Å². The van der Waals surface area contributed by atoms with Crippen LogP contribution < -0.4 is 0 Å². The zero-order chi connectivity index (χ0) is 12.8. The Balaban J connectivity index is 2.42. The molecule has 0 radical (unpaired) electrons. The number of nitrogens with zero attached hydrogens (tertiary/aromatic N) is 2. The number of halogens is 2. The molecule has 0 saturated carbocycles. The Morgan fingerprint density at radius 1 is 1.41 bits per heavy atom. The molecule has 96 valence electrons. The van der Waals surface area contributed by atoms with Crippen molar-refractivity contribution in [3.63, 3.8) is 0 Å². The first-order valence-corrected chi connectivity index (χ1v) is 6.34. The standard InChI is InChI=1S/C12H18Cl2N2O/c1-9(2)17-5-4-16(3)8-10-7-15-12(14)6-11(10)13/h6-7,9H,4-5,8H2,1-3H3. The average molecular weight is 277 g/mol. The first-order valence-electron chi connectivity index (χ1n) is 5.59. The summed E-state index contributed by atoms with van der Waals surface area (Å²) in [6.45, 7) is 6.37. The Bertz CT molecular complexity index is 358. The van der Waals surface area contributed by atoms with Crippen molar-refractivity contribution in [2.75, 3.05) is 20.2 Å². The van der Waals surface area contributed by atoms with Gasteiger partial charge in [0, 0.05) is 29.9 Å². The maximum Gasteiger partial charge on any atom is 0.130 e. The van der Waals surface area contributed by atoms with E-state index in [1.807, 2.05) is 20.9 Å². The minimum atomic E-state index is 0.268. The van der Waals surface area contributed by atoms with Crippen molar-refractivity contribution in [3.05, 3.63) is 28.0 Å². The molecule has 1 rings (SSSR count). The third-order valence-corrected chi connectivity index (χ3v) is 2.82. The molecule has 0 amide bonds. The van der Waals surface area contributed by atoms with Gasteiger partial charge >= 0.3 is 0 Å². The Morgan fingerprint density at radius 2 is 2.12 bits per heavy atom. The van der Waals surface area contributed by atoms with Crippen LogP contribution in [-0.4, -0.2) is 36.2 Å². The number of likely N-dealkylation sites (N-methyl/N-ethyl adjacent to an activating group) is 1. The summed E-state index contributed by atoms with van der Waals surface area (Å²) in [5, 5.41) is 1.08. The summed E-state index contributed by atoms with van der Waals surface area (Å²) in [4.78, 5) is 6.16. The number of aromatic nitrogens is 1. The summed E-state index contributed by atoms with van der Waals surface area (Å²) in [5.74, 6) is 0. The molecular weight excluding hydrogens is 259 g/mol. The van der Waals surface area contributed by atoms with E-state index >= 15 is 0 Å². The van der Waals surface area contributed by atoms with Crippen molar-refractivity contribution in [1.29, 1.82) is 0 Å². The van der Waals surface area contributed by atoms with Crippen molar-refractivity contribution in [1.82, 2.24) is 9.88 Å². The second kappa shape index (κ2) is 7.17. The summed E-state index contributed by atoms with van der Waals surface area (Å²) in [6, 6.07) is 1.66. The molecule has 17 heavy (non-hydrogen) atoms. The van der Waals surface area contributed by atoms with Crippen molar-refractivity contribution in [2.45, 2.75) is 26.5 Å². The van der Waals surface area contributed by atoms with Crippen molar-refractivity contribution in [2.24, 2.45) is 0 Å². The van der Waals surface area contributed by atoms with Crippen molar-refractivity contribution < 1.29 is 4.74 Å². The monoisotopic (exact) mass is 276 g/mol. The van der Waals surface area contributed by atoms with Gasteiger partial charge < -0.3 is 4.74 Å². The number of hydrogen-bond donors (Lipinski definition) is 0. The second-order valence-electron chi connectivity index (χ2n) is 4.26. The van der Waals surface area contributed by atoms with E-state index in [0.717, 1.165) is 18.7 Å². The molecule has 0 saturated heterocycles. The third kappa shape index (κ3) is 5.68. The highest BCUT2D eigenvalue weighted by atomic mass is 35.5. The Kier molecular flexibility index (Phi) is 6.20. The molecule has 1 heterocycles. The Morgan fingerprint density at radius 3 is 2.71 bits per heavy atom. The van der Waals surface area contributed by atoms with Gasteiger partial charge in [0.15, 0.2) is 0 Å². The minimum Gasteiger partial charge on any atom is -0.377 e. The van der Waals surface area contributed by atoms with E-state index in [9.17, 15) is 0 Å². The highest BCUT2D eigenvalue weighted by Gasteiger charge is 2.06. The Labute approximate surface area is 113 Å². The number of pyridine rings is 1. The molecule has 0 aliphatic heterocycles. The fourth-order valence-corrected chi connectivity index (χ4v) is 1.79. The highest BCUT2D eigenvalue weighted by Crippen LogP contribution is 2.19. The van der Waals surface area contributed by atoms with Crippen LogP contribution in [0.25, 0.3) is 0 Å². The average Bonchev–Trinajstić information content (AvgIpc) is 2.21. The van der Waals surface area contributed by atoms with Crippen LogP contribution in [-0.2, 0) is 11.3 Å². The lowest BCUT2D eigenvalue weighted by Crippen LogP contribution is -2.24. The fourth-order valence-electron chi connectivity index (χ4n) is 1.37. The lowest BCUT2D eigenvalue weighted by Gasteiger charge is -2.18. The molecule has 5 heteroatoms. The predicted octanol–water partition coefficient (Wildman–Crippen LogP) is 3.25. The largest absolute Gasteiger partial charge is 0.377 e. The lowest BCUT2D eigenvalue weighted by atomic mass is 10.2. The van der Waals surface area contributed by atoms with E-state index in [1.54, 1.807) is 12.3 Å². The molecule has 0 unspecified atom stereocenters. The third-order valence-electron chi connectivity index (χ3n) is 2.26. The first-order chi connectivity index (χ1) is 7.99. The quantitative estimate of drug-likeness (QED) is 0.746. The summed E-state index contributed by atoms with van der Waals surface area (Å²) >= 11 is 11.8. The maximum absolute atomic E-state index is 6.08. The van der Waals surface area contributed by atoms with E-state index in [0.29, 0.717) is 16.8 Å². The van der Waals surface area contributed by atoms with Crippen LogP contribution in [0.5, 0.6) is 0 Å². The van der Waals surface area contributed by atoms with Crippen LogP contribution in [0.2, 0.25) is 10.2 Å². The molecule has 0 bridgehead atoms. The molecule has 1 aromatic rings. The van der Waals surface area contributed by atoms with Gasteiger partial charge in [-0.25, -0.2) is 4.98 Å². The molecule has 0 aromatic carbocycles. The van der Waals surface area contributed by atoms with Crippen molar-refractivity contribution >= 4 is 23.2 Å². The van der Waals surface area contributed by atoms with Crippen LogP contribution in [0.15, 0.2) is 12.3 Å². The van der Waals surface area contributed by atoms with Crippen molar-refractivity contribution in [3.8, 4) is 0 Å². The molecule has 0 N–H and O–H groups in total. The predicted molar refractivity (Wildman–Crippen MR) is 71.7 cm³/mol. The molecule has 0 atom stereocenters. The van der Waals surface area contributed by atoms with Gasteiger partial charge in [-0.15, -0.1) is 0 Å². The van der Waals surface area contributed by atoms with Crippen LogP contribution in [0.1, 0.15) is 19.4 Å². The molecular formula is C12H18Cl2N2O. The SMILES string of the molecule is CC(C)OCCN(C)Cc1cnc(Cl)cc1Cl. The highest BCUT2D eigenvalue weighted by molar-refractivity contribution is 6.34. The molecule has 0 aliphatic carbocycles. The van der Waals surface area contributed by atoms with Gasteiger partial charge in [-0.2, -0.15) is 0 Å². The van der Waals surface area contributed by atoms with E-state index in [1.165, 1.54) is 0 Å². The van der Waals surface area contributed by atoms with Gasteiger partial charge in [0.1, 0.15) is 5.15 Å². The van der Waals surface area contributed by atoms with Gasteiger partial charge in [-0.1, -0.05) is 23.2 Å². The number of hydrogen-bond acceptors (Lipinski definition) is 3. The first kappa shape index (κ1) is 14.7. The summed E-state index contributed by atoms with van der Waals surface area (Å²) in [7, 11) is 2.02. The normalized spacial score (nSPS) is 11.5. The molecule has 0 spiro atoms. The molecule has 0 aliphatic rings. The zero-order valence-corrected chi connectivity index (χ0v) is 11.9. The fraction of sp³-hybridized carbons (Fsp3) is 0.583. The van der Waals surface area contributed by atoms with E-state index in [-0.39, 0.29) is 6.10 Å². The Hall–Kier alpha value is -0.350. The van der Waals surface area contributed by atoms with Gasteiger partial charge in [-0.3, -0.25) is 4.90 Å². The topological polar surface area (TPSA) is 25.4 Å². The maximum atomic E-state index is 6.08. The molecule has 1 aromatic heterocycles. The van der Waals surface area contributed by atoms with Crippen LogP contribution >= 0.6 is 23.2 Å². The summed E-state index contributed by atoms with van der Waals surface area (Å²) in [6.07, 6.45) is 1.98. The lowest BCUT2D eigenvalue weighted by molar-refractivity contribution is 0.0627. The van der Waals surface area contributed by atoms with E-state index in [2.05, 4.69) is 9.88 Å². The minimum absolute atomic E-state index is 0.268. The van der Waals surface area contributed by atoms with Gasteiger partial charge in [0.25, 0.3) is 0 Å². The summed E-state index contributed by atoms with van der Waals surface area (Å²) < 4.78 is 5.49. The zero-order valence-electron chi connectivity index (χ0n) is 10.4. The summed E-state index contributed by atoms with van der Waals surface area (Å²) in [5.41, 5.74) is 0.975. The second-order valence-corrected chi connectivity index (χ2v) is 5.05. The number of ether oxygens (including phenoxy) is 1. The van der Waals surface area contributed by atoms with E-state index in [4.69, 9.17) is 27.9 Å². The van der Waals surface area contributed by atoms with Gasteiger partial charge in [0.2, 0.25) is 0 Å². The smallest absolute Gasteiger partial charge is 0.130 e. The van der Waals surface area contributed by atoms with Gasteiger partial charge in [-0.05, 0) is 27.0 Å². The number of rotatable bonds is 6. The van der Waals surface area contributed by atoms with Crippen LogP contribution in [0, 0.1) is 0 Å². The van der Waals surface area contributed by atoms with Gasteiger partial charge in [0.05, 0.1) is 12.7 Å². The van der Waals surface area contributed by atoms with Crippen LogP contribution in [0.4, 0.5) is 0 Å². The van der Waals surface area contributed by atoms with E-state index < -0.39 is 0 Å². The molecule has 0 fully saturated rings.